The van der Waals surface area contributed by atoms with Gasteiger partial charge in [-0.05, 0) is 26.2 Å². The molecule has 0 aromatic heterocycles. The lowest BCUT2D eigenvalue weighted by Crippen LogP contribution is -2.49. The van der Waals surface area contributed by atoms with Crippen LogP contribution in [0.25, 0.3) is 0 Å². The van der Waals surface area contributed by atoms with Gasteiger partial charge in [0.05, 0.1) is 25.5 Å². The molecule has 1 rings (SSSR count). The molecule has 1 saturated heterocycles. The van der Waals surface area contributed by atoms with Crippen LogP contribution in [-0.2, 0) is 19.3 Å². The van der Waals surface area contributed by atoms with E-state index in [2.05, 4.69) is 20.5 Å². The number of likely N-dealkylation sites (tertiary alicyclic amines) is 1. The number of halogens is 1. The molecule has 0 bridgehead atoms. The number of hydrogen-bond donors (Lipinski definition) is 2. The average Bonchev–Trinajstić information content (AvgIpc) is 2.59. The van der Waals surface area contributed by atoms with Crippen molar-refractivity contribution in [1.29, 1.82) is 0 Å². The summed E-state index contributed by atoms with van der Waals surface area (Å²) in [6.07, 6.45) is 4.49. The van der Waals surface area contributed by atoms with Crippen molar-refractivity contribution in [2.75, 3.05) is 71.7 Å². The summed E-state index contributed by atoms with van der Waals surface area (Å²) in [5.74, 6) is 0.856. The lowest BCUT2D eigenvalue weighted by molar-refractivity contribution is 0.154. The van der Waals surface area contributed by atoms with Crippen LogP contribution in [0.1, 0.15) is 26.2 Å². The zero-order valence-corrected chi connectivity index (χ0v) is 20.1. The molecule has 0 aromatic rings. The highest BCUT2D eigenvalue weighted by Crippen LogP contribution is 2.10. The van der Waals surface area contributed by atoms with Crippen LogP contribution in [0.15, 0.2) is 4.99 Å². The van der Waals surface area contributed by atoms with Crippen molar-refractivity contribution in [1.82, 2.24) is 15.5 Å². The van der Waals surface area contributed by atoms with E-state index >= 15 is 0 Å². The monoisotopic (exact) mass is 520 g/mol. The van der Waals surface area contributed by atoms with Crippen LogP contribution in [0, 0.1) is 0 Å². The Morgan fingerprint density at radius 1 is 1.22 bits per heavy atom. The van der Waals surface area contributed by atoms with Crippen molar-refractivity contribution in [2.24, 2.45) is 4.99 Å². The zero-order chi connectivity index (χ0) is 19.3. The fourth-order valence-corrected chi connectivity index (χ4v) is 3.20. The van der Waals surface area contributed by atoms with Crippen LogP contribution in [0.3, 0.4) is 0 Å². The highest BCUT2D eigenvalue weighted by atomic mass is 127. The normalized spacial score (nSPS) is 16.8. The molecule has 0 atom stereocenters. The van der Waals surface area contributed by atoms with Crippen LogP contribution < -0.4 is 10.6 Å². The van der Waals surface area contributed by atoms with E-state index in [1.54, 1.807) is 7.11 Å². The zero-order valence-electron chi connectivity index (χ0n) is 16.9. The molecule has 1 heterocycles. The molecule has 0 aromatic carbocycles. The molecule has 0 spiro atoms. The van der Waals surface area contributed by atoms with E-state index in [0.29, 0.717) is 19.2 Å². The molecule has 1 aliphatic rings. The first-order chi connectivity index (χ1) is 12.4. The Morgan fingerprint density at radius 3 is 2.52 bits per heavy atom. The second-order valence-corrected chi connectivity index (χ2v) is 8.87. The number of rotatable bonds is 12. The summed E-state index contributed by atoms with van der Waals surface area (Å²) in [4.78, 5) is 6.99. The third kappa shape index (κ3) is 14.5. The lowest BCUT2D eigenvalue weighted by Gasteiger charge is -2.33. The molecule has 1 fully saturated rings. The molecule has 1 aliphatic heterocycles. The maximum Gasteiger partial charge on any atom is 0.191 e. The minimum Gasteiger partial charge on any atom is -0.385 e. The maximum absolute atomic E-state index is 11.0. The van der Waals surface area contributed by atoms with Gasteiger partial charge in [0.1, 0.15) is 9.84 Å². The number of ether oxygens (including phenoxy) is 2. The van der Waals surface area contributed by atoms with Crippen LogP contribution in [0.4, 0.5) is 0 Å². The number of nitrogens with one attached hydrogen (secondary N) is 2. The Labute approximate surface area is 181 Å². The van der Waals surface area contributed by atoms with Gasteiger partial charge in [-0.25, -0.2) is 8.42 Å². The molecule has 0 saturated carbocycles. The Balaban J connectivity index is 0.00000676. The number of nitrogens with zero attached hydrogens (tertiary/aromatic N) is 2. The summed E-state index contributed by atoms with van der Waals surface area (Å²) in [5.41, 5.74) is 0. The Kier molecular flexibility index (Phi) is 15.6. The molecular weight excluding hydrogens is 483 g/mol. The molecule has 10 heteroatoms. The molecule has 2 N–H and O–H groups in total. The highest BCUT2D eigenvalue weighted by molar-refractivity contribution is 14.0. The Hall–Kier alpha value is -0.170. The van der Waals surface area contributed by atoms with Gasteiger partial charge in [0.15, 0.2) is 5.96 Å². The summed E-state index contributed by atoms with van der Waals surface area (Å²) in [5, 5.41) is 6.75. The SMILES string of the molecule is CCNC(=NCCOCCS(C)(=O)=O)NC1CCN(CCCOC)CC1.I. The smallest absolute Gasteiger partial charge is 0.191 e. The van der Waals surface area contributed by atoms with E-state index in [0.717, 1.165) is 58.0 Å². The van der Waals surface area contributed by atoms with Crippen molar-refractivity contribution < 1.29 is 17.9 Å². The summed E-state index contributed by atoms with van der Waals surface area (Å²) >= 11 is 0. The molecule has 8 nitrogen and oxygen atoms in total. The number of guanidine groups is 1. The van der Waals surface area contributed by atoms with E-state index in [4.69, 9.17) is 9.47 Å². The van der Waals surface area contributed by atoms with Gasteiger partial charge < -0.3 is 25.0 Å². The number of aliphatic imine (C=N–C) groups is 1. The van der Waals surface area contributed by atoms with Crippen LogP contribution in [0.5, 0.6) is 0 Å². The van der Waals surface area contributed by atoms with Crippen LogP contribution in [-0.4, -0.2) is 97.0 Å². The summed E-state index contributed by atoms with van der Waals surface area (Å²) in [7, 11) is -1.22. The van der Waals surface area contributed by atoms with Crippen molar-refractivity contribution >= 4 is 39.8 Å². The average molecular weight is 520 g/mol. The fourth-order valence-electron chi connectivity index (χ4n) is 2.78. The van der Waals surface area contributed by atoms with Crippen molar-refractivity contribution in [3.63, 3.8) is 0 Å². The third-order valence-electron chi connectivity index (χ3n) is 4.20. The van der Waals surface area contributed by atoms with Gasteiger partial charge in [-0.2, -0.15) is 0 Å². The predicted octanol–water partition coefficient (Wildman–Crippen LogP) is 0.722. The largest absolute Gasteiger partial charge is 0.385 e. The van der Waals surface area contributed by atoms with Crippen LogP contribution in [0.2, 0.25) is 0 Å². The minimum absolute atomic E-state index is 0. The molecule has 162 valence electrons. The quantitative estimate of drug-likeness (QED) is 0.170. The van der Waals surface area contributed by atoms with E-state index < -0.39 is 9.84 Å². The minimum atomic E-state index is -2.96. The second-order valence-electron chi connectivity index (χ2n) is 6.61. The third-order valence-corrected chi connectivity index (χ3v) is 5.11. The van der Waals surface area contributed by atoms with Gasteiger partial charge >= 0.3 is 0 Å². The molecule has 0 radical (unpaired) electrons. The molecule has 0 aliphatic carbocycles. The highest BCUT2D eigenvalue weighted by Gasteiger charge is 2.19. The molecular formula is C17H37IN4O4S. The summed E-state index contributed by atoms with van der Waals surface area (Å²) in [6.45, 7) is 8.10. The van der Waals surface area contributed by atoms with Gasteiger partial charge in [-0.15, -0.1) is 24.0 Å². The number of hydrogen-bond acceptors (Lipinski definition) is 6. The molecule has 0 unspecified atom stereocenters. The first-order valence-corrected chi connectivity index (χ1v) is 11.5. The van der Waals surface area contributed by atoms with Gasteiger partial charge in [0, 0.05) is 52.2 Å². The standard InChI is InChI=1S/C17H36N4O4S.HI/c1-4-18-17(19-8-13-25-14-15-26(3,22)23)20-16-6-10-21(11-7-16)9-5-12-24-2;/h16H,4-15H2,1-3H3,(H2,18,19,20);1H. The summed E-state index contributed by atoms with van der Waals surface area (Å²) < 4.78 is 32.5. The van der Waals surface area contributed by atoms with E-state index in [1.807, 2.05) is 6.92 Å². The lowest BCUT2D eigenvalue weighted by atomic mass is 10.1. The maximum atomic E-state index is 11.0. The molecule has 27 heavy (non-hydrogen) atoms. The number of piperidine rings is 1. The summed E-state index contributed by atoms with van der Waals surface area (Å²) in [6, 6.07) is 0.428. The first-order valence-electron chi connectivity index (χ1n) is 9.46. The fraction of sp³-hybridized carbons (Fsp3) is 0.941. The van der Waals surface area contributed by atoms with Gasteiger partial charge in [0.25, 0.3) is 0 Å². The van der Waals surface area contributed by atoms with E-state index in [9.17, 15) is 8.42 Å². The van der Waals surface area contributed by atoms with E-state index in [-0.39, 0.29) is 36.3 Å². The topological polar surface area (TPSA) is 92.3 Å². The molecule has 0 amide bonds. The van der Waals surface area contributed by atoms with Gasteiger partial charge in [-0.3, -0.25) is 4.99 Å². The Bertz CT molecular complexity index is 497. The number of methoxy groups -OCH3 is 1. The number of sulfone groups is 1. The van der Waals surface area contributed by atoms with Gasteiger partial charge in [0.2, 0.25) is 0 Å². The van der Waals surface area contributed by atoms with E-state index in [1.165, 1.54) is 6.26 Å². The second kappa shape index (κ2) is 15.7. The Morgan fingerprint density at radius 2 is 1.93 bits per heavy atom. The van der Waals surface area contributed by atoms with Crippen LogP contribution >= 0.6 is 24.0 Å². The first kappa shape index (κ1) is 26.8. The predicted molar refractivity (Wildman–Crippen MR) is 121 cm³/mol. The van der Waals surface area contributed by atoms with Crippen molar-refractivity contribution in [3.8, 4) is 0 Å². The van der Waals surface area contributed by atoms with Crippen molar-refractivity contribution in [2.45, 2.75) is 32.2 Å². The van der Waals surface area contributed by atoms with Gasteiger partial charge in [-0.1, -0.05) is 0 Å². The van der Waals surface area contributed by atoms with Crippen molar-refractivity contribution in [3.05, 3.63) is 0 Å².